The Morgan fingerprint density at radius 3 is 2.65 bits per heavy atom. The molecule has 0 N–H and O–H groups in total. The van der Waals surface area contributed by atoms with E-state index in [4.69, 9.17) is 16.6 Å². The fourth-order valence-corrected chi connectivity index (χ4v) is 2.39. The van der Waals surface area contributed by atoms with Crippen LogP contribution in [0, 0.1) is 0 Å². The normalized spacial score (nSPS) is 15.0. The van der Waals surface area contributed by atoms with Crippen LogP contribution in [0.1, 0.15) is 44.4 Å². The molecule has 1 aliphatic carbocycles. The molecule has 1 fully saturated rings. The third kappa shape index (κ3) is 3.12. The molecular formula is C14H21ClN2. The highest BCUT2D eigenvalue weighted by Gasteiger charge is 2.29. The van der Waals surface area contributed by atoms with E-state index in [2.05, 4.69) is 30.9 Å². The predicted molar refractivity (Wildman–Crippen MR) is 73.8 cm³/mol. The largest absolute Gasteiger partial charge is 0.354 e. The first-order chi connectivity index (χ1) is 8.28. The van der Waals surface area contributed by atoms with E-state index in [1.807, 2.05) is 0 Å². The summed E-state index contributed by atoms with van der Waals surface area (Å²) in [5, 5.41) is 0. The Balaban J connectivity index is 2.27. The average molecular weight is 253 g/mol. The molecule has 0 bridgehead atoms. The lowest BCUT2D eigenvalue weighted by Gasteiger charge is -2.22. The van der Waals surface area contributed by atoms with E-state index in [1.165, 1.54) is 24.1 Å². The summed E-state index contributed by atoms with van der Waals surface area (Å²) < 4.78 is 0. The van der Waals surface area contributed by atoms with E-state index < -0.39 is 0 Å². The van der Waals surface area contributed by atoms with Crippen molar-refractivity contribution in [3.63, 3.8) is 0 Å². The molecule has 0 amide bonds. The van der Waals surface area contributed by atoms with Gasteiger partial charge in [-0.25, -0.2) is 4.98 Å². The second-order valence-corrected chi connectivity index (χ2v) is 4.99. The number of aromatic nitrogens is 1. The van der Waals surface area contributed by atoms with Crippen molar-refractivity contribution in [2.45, 2.75) is 51.5 Å². The summed E-state index contributed by atoms with van der Waals surface area (Å²) in [5.74, 6) is 1.70. The van der Waals surface area contributed by atoms with Crippen molar-refractivity contribution in [1.29, 1.82) is 0 Å². The summed E-state index contributed by atoms with van der Waals surface area (Å²) in [6.45, 7) is 5.43. The van der Waals surface area contributed by atoms with Crippen LogP contribution in [0.15, 0.2) is 12.1 Å². The summed E-state index contributed by atoms with van der Waals surface area (Å²) in [5.41, 5.74) is 2.37. The lowest BCUT2D eigenvalue weighted by Crippen LogP contribution is -2.26. The quantitative estimate of drug-likeness (QED) is 0.717. The molecule has 0 radical (unpaired) electrons. The molecule has 0 saturated heterocycles. The van der Waals surface area contributed by atoms with Crippen LogP contribution in [0.25, 0.3) is 0 Å². The third-order valence-electron chi connectivity index (χ3n) is 3.21. The van der Waals surface area contributed by atoms with Crippen molar-refractivity contribution in [1.82, 2.24) is 4.98 Å². The number of anilines is 1. The molecule has 94 valence electrons. The van der Waals surface area contributed by atoms with Gasteiger partial charge in [0.25, 0.3) is 0 Å². The van der Waals surface area contributed by atoms with Gasteiger partial charge >= 0.3 is 0 Å². The zero-order valence-electron chi connectivity index (χ0n) is 10.7. The SMILES string of the molecule is CCCc1cc(CCl)cc(N(CC)C2CC2)n1. The van der Waals surface area contributed by atoms with Gasteiger partial charge in [0.2, 0.25) is 0 Å². The van der Waals surface area contributed by atoms with Crippen LogP contribution in [-0.2, 0) is 12.3 Å². The van der Waals surface area contributed by atoms with Gasteiger partial charge in [0, 0.05) is 24.2 Å². The number of alkyl halides is 1. The molecule has 2 rings (SSSR count). The van der Waals surface area contributed by atoms with Gasteiger partial charge < -0.3 is 4.90 Å². The number of rotatable bonds is 6. The smallest absolute Gasteiger partial charge is 0.129 e. The maximum Gasteiger partial charge on any atom is 0.129 e. The number of pyridine rings is 1. The standard InChI is InChI=1S/C14H21ClN2/c1-3-5-12-8-11(10-15)9-14(16-12)17(4-2)13-6-7-13/h8-9,13H,3-7,10H2,1-2H3. The molecule has 1 saturated carbocycles. The summed E-state index contributed by atoms with van der Waals surface area (Å²) >= 11 is 5.97. The topological polar surface area (TPSA) is 16.1 Å². The van der Waals surface area contributed by atoms with Crippen molar-refractivity contribution in [3.8, 4) is 0 Å². The van der Waals surface area contributed by atoms with Crippen molar-refractivity contribution < 1.29 is 0 Å². The first kappa shape index (κ1) is 12.7. The fraction of sp³-hybridized carbons (Fsp3) is 0.643. The molecule has 0 atom stereocenters. The minimum absolute atomic E-state index is 0.578. The Labute approximate surface area is 109 Å². The van der Waals surface area contributed by atoms with Crippen LogP contribution < -0.4 is 4.90 Å². The molecule has 0 aliphatic heterocycles. The fourth-order valence-electron chi connectivity index (χ4n) is 2.24. The molecule has 2 nitrogen and oxygen atoms in total. The van der Waals surface area contributed by atoms with E-state index in [0.717, 1.165) is 25.2 Å². The molecular weight excluding hydrogens is 232 g/mol. The van der Waals surface area contributed by atoms with E-state index in [0.29, 0.717) is 11.9 Å². The predicted octanol–water partition coefficient (Wildman–Crippen LogP) is 3.76. The van der Waals surface area contributed by atoms with E-state index >= 15 is 0 Å². The van der Waals surface area contributed by atoms with Gasteiger partial charge in [-0.15, -0.1) is 11.6 Å². The zero-order chi connectivity index (χ0) is 12.3. The molecule has 0 spiro atoms. The van der Waals surface area contributed by atoms with Gasteiger partial charge in [-0.3, -0.25) is 0 Å². The molecule has 1 heterocycles. The first-order valence-electron chi connectivity index (χ1n) is 6.61. The van der Waals surface area contributed by atoms with Crippen molar-refractivity contribution in [2.24, 2.45) is 0 Å². The number of hydrogen-bond acceptors (Lipinski definition) is 2. The van der Waals surface area contributed by atoms with Crippen LogP contribution >= 0.6 is 11.6 Å². The lowest BCUT2D eigenvalue weighted by molar-refractivity contribution is 0.792. The van der Waals surface area contributed by atoms with Gasteiger partial charge in [0.1, 0.15) is 5.82 Å². The number of halogens is 1. The van der Waals surface area contributed by atoms with Crippen LogP contribution in [0.5, 0.6) is 0 Å². The Kier molecular flexibility index (Phi) is 4.27. The molecule has 1 aromatic heterocycles. The van der Waals surface area contributed by atoms with Gasteiger partial charge in [-0.2, -0.15) is 0 Å². The highest BCUT2D eigenvalue weighted by Crippen LogP contribution is 2.31. The molecule has 1 aromatic rings. The monoisotopic (exact) mass is 252 g/mol. The van der Waals surface area contributed by atoms with E-state index in [1.54, 1.807) is 0 Å². The van der Waals surface area contributed by atoms with Crippen LogP contribution in [0.4, 0.5) is 5.82 Å². The van der Waals surface area contributed by atoms with Gasteiger partial charge in [-0.1, -0.05) is 13.3 Å². The van der Waals surface area contributed by atoms with E-state index in [-0.39, 0.29) is 0 Å². The summed E-state index contributed by atoms with van der Waals surface area (Å²) in [4.78, 5) is 7.18. The third-order valence-corrected chi connectivity index (χ3v) is 3.52. The second kappa shape index (κ2) is 5.72. The van der Waals surface area contributed by atoms with Crippen LogP contribution in [0.3, 0.4) is 0 Å². The Bertz CT molecular complexity index is 374. The Hall–Kier alpha value is -0.760. The molecule has 17 heavy (non-hydrogen) atoms. The minimum atomic E-state index is 0.578. The van der Waals surface area contributed by atoms with Crippen molar-refractivity contribution in [2.75, 3.05) is 11.4 Å². The highest BCUT2D eigenvalue weighted by molar-refractivity contribution is 6.17. The first-order valence-corrected chi connectivity index (χ1v) is 7.14. The van der Waals surface area contributed by atoms with Crippen LogP contribution in [0.2, 0.25) is 0 Å². The van der Waals surface area contributed by atoms with Crippen molar-refractivity contribution >= 4 is 17.4 Å². The van der Waals surface area contributed by atoms with Gasteiger partial charge in [0.05, 0.1) is 0 Å². The Morgan fingerprint density at radius 2 is 2.12 bits per heavy atom. The molecule has 3 heteroatoms. The maximum atomic E-state index is 5.97. The van der Waals surface area contributed by atoms with Gasteiger partial charge in [0.15, 0.2) is 0 Å². The number of nitrogens with zero attached hydrogens (tertiary/aromatic N) is 2. The Morgan fingerprint density at radius 1 is 1.35 bits per heavy atom. The summed E-state index contributed by atoms with van der Waals surface area (Å²) in [6, 6.07) is 5.00. The average Bonchev–Trinajstić information content (AvgIpc) is 3.15. The molecule has 0 unspecified atom stereocenters. The number of aryl methyl sites for hydroxylation is 1. The maximum absolute atomic E-state index is 5.97. The lowest BCUT2D eigenvalue weighted by atomic mass is 10.1. The zero-order valence-corrected chi connectivity index (χ0v) is 11.5. The van der Waals surface area contributed by atoms with Gasteiger partial charge in [-0.05, 0) is 43.9 Å². The molecule has 0 aromatic carbocycles. The van der Waals surface area contributed by atoms with E-state index in [9.17, 15) is 0 Å². The number of hydrogen-bond donors (Lipinski definition) is 0. The van der Waals surface area contributed by atoms with Crippen molar-refractivity contribution in [3.05, 3.63) is 23.4 Å². The molecule has 1 aliphatic rings. The van der Waals surface area contributed by atoms with Crippen LogP contribution in [-0.4, -0.2) is 17.6 Å². The minimum Gasteiger partial charge on any atom is -0.354 e. The summed E-state index contributed by atoms with van der Waals surface area (Å²) in [7, 11) is 0. The second-order valence-electron chi connectivity index (χ2n) is 4.73. The summed E-state index contributed by atoms with van der Waals surface area (Å²) in [6.07, 6.45) is 4.79. The highest BCUT2D eigenvalue weighted by atomic mass is 35.5.